The van der Waals surface area contributed by atoms with Gasteiger partial charge in [-0.15, -0.1) is 12.4 Å². The first-order chi connectivity index (χ1) is 9.97. The molecular weight excluding hydrogens is 298 g/mol. The van der Waals surface area contributed by atoms with Crippen molar-refractivity contribution in [3.8, 4) is 0 Å². The third-order valence-electron chi connectivity index (χ3n) is 3.78. The molecule has 1 aromatic carbocycles. The molecule has 0 saturated heterocycles. The summed E-state index contributed by atoms with van der Waals surface area (Å²) in [6.45, 7) is 6.94. The summed E-state index contributed by atoms with van der Waals surface area (Å²) in [5, 5.41) is 4.13. The van der Waals surface area contributed by atoms with Gasteiger partial charge in [0.25, 0.3) is 0 Å². The summed E-state index contributed by atoms with van der Waals surface area (Å²) in [5.41, 5.74) is 7.19. The van der Waals surface area contributed by atoms with Crippen LogP contribution in [-0.4, -0.2) is 16.0 Å². The first kappa shape index (κ1) is 18.5. The Morgan fingerprint density at radius 1 is 1.27 bits per heavy atom. The van der Waals surface area contributed by atoms with Gasteiger partial charge in [-0.25, -0.2) is 0 Å². The molecule has 0 bridgehead atoms. The van der Waals surface area contributed by atoms with Gasteiger partial charge in [0, 0.05) is 18.4 Å². The predicted molar refractivity (Wildman–Crippen MR) is 95.6 cm³/mol. The zero-order valence-electron chi connectivity index (χ0n) is 13.6. The molecule has 0 aliphatic carbocycles. The van der Waals surface area contributed by atoms with E-state index in [1.54, 1.807) is 6.92 Å². The lowest BCUT2D eigenvalue weighted by atomic mass is 9.96. The Morgan fingerprint density at radius 3 is 2.64 bits per heavy atom. The number of halogens is 1. The smallest absolute Gasteiger partial charge is 0.244 e. The second kappa shape index (κ2) is 7.65. The molecule has 2 aromatic rings. The number of carbonyl (C=O) groups excluding carboxylic acids is 1. The van der Waals surface area contributed by atoms with E-state index in [9.17, 15) is 4.79 Å². The summed E-state index contributed by atoms with van der Waals surface area (Å²) in [4.78, 5) is 12.3. The molecule has 1 unspecified atom stereocenters. The van der Waals surface area contributed by atoms with E-state index in [0.717, 1.165) is 30.6 Å². The highest BCUT2D eigenvalue weighted by atomic mass is 35.5. The maximum absolute atomic E-state index is 12.3. The normalized spacial score (nSPS) is 13.5. The number of aryl methyl sites for hydroxylation is 1. The van der Waals surface area contributed by atoms with Crippen molar-refractivity contribution < 1.29 is 4.79 Å². The average Bonchev–Trinajstić information content (AvgIpc) is 2.82. The maximum atomic E-state index is 12.3. The molecule has 0 radical (unpaired) electrons. The van der Waals surface area contributed by atoms with Gasteiger partial charge in [0.15, 0.2) is 0 Å². The van der Waals surface area contributed by atoms with E-state index in [1.165, 1.54) is 5.39 Å². The number of nitrogens with one attached hydrogen (secondary N) is 1. The van der Waals surface area contributed by atoms with Crippen LogP contribution in [0.2, 0.25) is 0 Å². The Balaban J connectivity index is 0.00000242. The zero-order chi connectivity index (χ0) is 15.5. The minimum Gasteiger partial charge on any atom is -0.347 e. The summed E-state index contributed by atoms with van der Waals surface area (Å²) in [6.07, 6.45) is 4.73. The second-order valence-electron chi connectivity index (χ2n) is 5.90. The second-order valence-corrected chi connectivity index (χ2v) is 5.90. The van der Waals surface area contributed by atoms with Crippen LogP contribution in [0.3, 0.4) is 0 Å². The first-order valence-corrected chi connectivity index (χ1v) is 7.67. The Kier molecular flexibility index (Phi) is 6.45. The third-order valence-corrected chi connectivity index (χ3v) is 3.78. The van der Waals surface area contributed by atoms with Gasteiger partial charge in [-0.3, -0.25) is 4.79 Å². The molecule has 122 valence electrons. The number of fused-ring (bicyclic) bond motifs is 1. The van der Waals surface area contributed by atoms with E-state index in [-0.39, 0.29) is 18.3 Å². The molecule has 1 atom stereocenters. The number of amides is 1. The van der Waals surface area contributed by atoms with E-state index in [4.69, 9.17) is 5.73 Å². The summed E-state index contributed by atoms with van der Waals surface area (Å²) >= 11 is 0. The topological polar surface area (TPSA) is 60.0 Å². The zero-order valence-corrected chi connectivity index (χ0v) is 14.4. The third kappa shape index (κ3) is 4.02. The molecular formula is C17H26ClN3O. The van der Waals surface area contributed by atoms with E-state index in [0.29, 0.717) is 6.42 Å². The average molecular weight is 324 g/mol. The molecule has 1 aromatic heterocycles. The fraction of sp³-hybridized carbons (Fsp3) is 0.471. The molecule has 1 heterocycles. The van der Waals surface area contributed by atoms with E-state index < -0.39 is 5.54 Å². The van der Waals surface area contributed by atoms with Crippen molar-refractivity contribution >= 4 is 34.9 Å². The van der Waals surface area contributed by atoms with Crippen LogP contribution in [0.4, 0.5) is 5.69 Å². The van der Waals surface area contributed by atoms with Gasteiger partial charge in [-0.1, -0.05) is 26.3 Å². The van der Waals surface area contributed by atoms with Gasteiger partial charge in [0.1, 0.15) is 0 Å². The van der Waals surface area contributed by atoms with Crippen molar-refractivity contribution in [3.63, 3.8) is 0 Å². The van der Waals surface area contributed by atoms with Crippen LogP contribution in [0.25, 0.3) is 10.9 Å². The molecule has 22 heavy (non-hydrogen) atoms. The van der Waals surface area contributed by atoms with Gasteiger partial charge in [-0.2, -0.15) is 0 Å². The Hall–Kier alpha value is -1.52. The number of benzene rings is 1. The number of carbonyl (C=O) groups is 1. The standard InChI is InChI=1S/C17H25N3O.ClH/c1-4-9-17(3,18)16(21)19-14-7-6-13-8-11-20(10-5-2)15(13)12-14;/h6-8,11-12H,4-5,9-10,18H2,1-3H3,(H,19,21);1H. The minimum absolute atomic E-state index is 0. The molecule has 0 saturated carbocycles. The predicted octanol–water partition coefficient (Wildman–Crippen LogP) is 3.93. The van der Waals surface area contributed by atoms with Gasteiger partial charge < -0.3 is 15.6 Å². The number of nitrogens with two attached hydrogens (primary N) is 1. The highest BCUT2D eigenvalue weighted by Gasteiger charge is 2.27. The van der Waals surface area contributed by atoms with Crippen LogP contribution in [0.5, 0.6) is 0 Å². The van der Waals surface area contributed by atoms with E-state index in [1.807, 2.05) is 25.1 Å². The van der Waals surface area contributed by atoms with Crippen LogP contribution in [0.1, 0.15) is 40.0 Å². The Labute approximate surface area is 138 Å². The summed E-state index contributed by atoms with van der Waals surface area (Å²) < 4.78 is 2.21. The quantitative estimate of drug-likeness (QED) is 0.846. The number of rotatable bonds is 6. The molecule has 1 amide bonds. The highest BCUT2D eigenvalue weighted by Crippen LogP contribution is 2.22. The molecule has 0 spiro atoms. The molecule has 5 heteroatoms. The van der Waals surface area contributed by atoms with Crippen molar-refractivity contribution in [3.05, 3.63) is 30.5 Å². The lowest BCUT2D eigenvalue weighted by Crippen LogP contribution is -2.48. The Morgan fingerprint density at radius 2 is 2.00 bits per heavy atom. The van der Waals surface area contributed by atoms with Crippen LogP contribution in [0.15, 0.2) is 30.5 Å². The lowest BCUT2D eigenvalue weighted by Gasteiger charge is -2.22. The SMILES string of the molecule is CCCn1ccc2ccc(NC(=O)C(C)(N)CCC)cc21.Cl. The summed E-state index contributed by atoms with van der Waals surface area (Å²) in [5.74, 6) is -0.128. The number of anilines is 1. The van der Waals surface area contributed by atoms with Crippen molar-refractivity contribution in [1.29, 1.82) is 0 Å². The molecule has 0 aliphatic heterocycles. The number of hydrogen-bond donors (Lipinski definition) is 2. The first-order valence-electron chi connectivity index (χ1n) is 7.67. The lowest BCUT2D eigenvalue weighted by molar-refractivity contribution is -0.120. The molecule has 0 aliphatic rings. The number of hydrogen-bond acceptors (Lipinski definition) is 2. The van der Waals surface area contributed by atoms with E-state index >= 15 is 0 Å². The van der Waals surface area contributed by atoms with Crippen LogP contribution in [0, 0.1) is 0 Å². The Bertz CT molecular complexity index is 634. The number of nitrogens with zero attached hydrogens (tertiary/aromatic N) is 1. The van der Waals surface area contributed by atoms with E-state index in [2.05, 4.69) is 29.1 Å². The molecule has 0 fully saturated rings. The van der Waals surface area contributed by atoms with Gasteiger partial charge >= 0.3 is 0 Å². The largest absolute Gasteiger partial charge is 0.347 e. The highest BCUT2D eigenvalue weighted by molar-refractivity contribution is 5.99. The monoisotopic (exact) mass is 323 g/mol. The minimum atomic E-state index is -0.824. The fourth-order valence-electron chi connectivity index (χ4n) is 2.60. The van der Waals surface area contributed by atoms with Gasteiger partial charge in [-0.05, 0) is 43.4 Å². The van der Waals surface area contributed by atoms with Crippen LogP contribution >= 0.6 is 12.4 Å². The van der Waals surface area contributed by atoms with Crippen molar-refractivity contribution in [1.82, 2.24) is 4.57 Å². The summed E-state index contributed by atoms with van der Waals surface area (Å²) in [6, 6.07) is 8.08. The maximum Gasteiger partial charge on any atom is 0.244 e. The number of aromatic nitrogens is 1. The molecule has 3 N–H and O–H groups in total. The molecule has 2 rings (SSSR count). The van der Waals surface area contributed by atoms with Crippen molar-refractivity contribution in [2.75, 3.05) is 5.32 Å². The van der Waals surface area contributed by atoms with Gasteiger partial charge in [0.2, 0.25) is 5.91 Å². The molecule has 4 nitrogen and oxygen atoms in total. The van der Waals surface area contributed by atoms with Gasteiger partial charge in [0.05, 0.1) is 11.1 Å². The van der Waals surface area contributed by atoms with Crippen LogP contribution in [-0.2, 0) is 11.3 Å². The van der Waals surface area contributed by atoms with Crippen LogP contribution < -0.4 is 11.1 Å². The summed E-state index contributed by atoms with van der Waals surface area (Å²) in [7, 11) is 0. The van der Waals surface area contributed by atoms with Crippen molar-refractivity contribution in [2.24, 2.45) is 5.73 Å². The van der Waals surface area contributed by atoms with Crippen molar-refractivity contribution in [2.45, 2.75) is 52.1 Å². The fourth-order valence-corrected chi connectivity index (χ4v) is 2.60.